The number of hydrogen-bond donors (Lipinski definition) is 2. The molecular weight excluding hydrogens is 236 g/mol. The summed E-state index contributed by atoms with van der Waals surface area (Å²) in [4.78, 5) is 0. The van der Waals surface area contributed by atoms with Crippen molar-refractivity contribution in [3.63, 3.8) is 0 Å². The second kappa shape index (κ2) is 5.99. The Kier molecular flexibility index (Phi) is 4.35. The van der Waals surface area contributed by atoms with Crippen molar-refractivity contribution >= 4 is 0 Å². The Labute approximate surface area is 114 Å². The highest BCUT2D eigenvalue weighted by molar-refractivity contribution is 5.28. The van der Waals surface area contributed by atoms with Crippen LogP contribution in [-0.2, 0) is 13.5 Å². The third-order valence-electron chi connectivity index (χ3n) is 3.68. The first kappa shape index (κ1) is 13.8. The van der Waals surface area contributed by atoms with Gasteiger partial charge in [0, 0.05) is 24.3 Å². The van der Waals surface area contributed by atoms with E-state index in [0.29, 0.717) is 0 Å². The van der Waals surface area contributed by atoms with Crippen LogP contribution in [0.5, 0.6) is 0 Å². The van der Waals surface area contributed by atoms with Crippen molar-refractivity contribution in [2.45, 2.75) is 32.7 Å². The van der Waals surface area contributed by atoms with Gasteiger partial charge >= 0.3 is 0 Å². The molecule has 2 aromatic rings. The molecule has 0 saturated heterocycles. The molecule has 1 atom stereocenters. The topological polar surface area (TPSA) is 55.9 Å². The summed E-state index contributed by atoms with van der Waals surface area (Å²) >= 11 is 0. The Morgan fingerprint density at radius 2 is 1.95 bits per heavy atom. The van der Waals surface area contributed by atoms with Gasteiger partial charge in [-0.25, -0.2) is 0 Å². The van der Waals surface area contributed by atoms with Crippen LogP contribution in [0.4, 0.5) is 0 Å². The van der Waals surface area contributed by atoms with Crippen LogP contribution in [0.2, 0.25) is 0 Å². The molecule has 2 rings (SSSR count). The summed E-state index contributed by atoms with van der Waals surface area (Å²) in [6.45, 7) is 4.12. The molecule has 0 aliphatic rings. The zero-order chi connectivity index (χ0) is 13.8. The summed E-state index contributed by atoms with van der Waals surface area (Å²) in [6.07, 6.45) is 1.97. The van der Waals surface area contributed by atoms with E-state index in [1.54, 1.807) is 0 Å². The number of nitrogens with one attached hydrogen (secondary N) is 1. The lowest BCUT2D eigenvalue weighted by Gasteiger charge is -2.16. The number of rotatable bonds is 5. The Hall–Kier alpha value is -1.65. The molecule has 0 bridgehead atoms. The quantitative estimate of drug-likeness (QED) is 0.638. The molecule has 0 spiro atoms. The van der Waals surface area contributed by atoms with Crippen LogP contribution >= 0.6 is 0 Å². The lowest BCUT2D eigenvalue weighted by molar-refractivity contribution is 0.511. The SMILES string of the molecule is Cc1nn(C)c(C)c1C(CCc1ccccc1)NN. The summed E-state index contributed by atoms with van der Waals surface area (Å²) in [5.74, 6) is 5.73. The molecule has 1 unspecified atom stereocenters. The zero-order valence-electron chi connectivity index (χ0n) is 11.9. The first-order chi connectivity index (χ1) is 9.13. The average molecular weight is 258 g/mol. The Morgan fingerprint density at radius 3 is 2.47 bits per heavy atom. The van der Waals surface area contributed by atoms with Crippen LogP contribution in [-0.4, -0.2) is 9.78 Å². The van der Waals surface area contributed by atoms with Crippen molar-refractivity contribution < 1.29 is 0 Å². The van der Waals surface area contributed by atoms with Crippen LogP contribution in [0.3, 0.4) is 0 Å². The Morgan fingerprint density at radius 1 is 1.26 bits per heavy atom. The van der Waals surface area contributed by atoms with Crippen molar-refractivity contribution in [3.05, 3.63) is 52.8 Å². The predicted octanol–water partition coefficient (Wildman–Crippen LogP) is 2.17. The first-order valence-corrected chi connectivity index (χ1v) is 6.63. The fourth-order valence-electron chi connectivity index (χ4n) is 2.56. The Bertz CT molecular complexity index is 531. The highest BCUT2D eigenvalue weighted by Crippen LogP contribution is 2.24. The molecule has 0 saturated carbocycles. The number of aryl methyl sites for hydroxylation is 3. The lowest BCUT2D eigenvalue weighted by atomic mass is 9.98. The molecule has 0 radical (unpaired) electrons. The van der Waals surface area contributed by atoms with Gasteiger partial charge in [0.2, 0.25) is 0 Å². The molecular formula is C15H22N4. The normalized spacial score (nSPS) is 12.6. The molecule has 4 nitrogen and oxygen atoms in total. The second-order valence-corrected chi connectivity index (χ2v) is 4.95. The second-order valence-electron chi connectivity index (χ2n) is 4.95. The van der Waals surface area contributed by atoms with E-state index >= 15 is 0 Å². The summed E-state index contributed by atoms with van der Waals surface area (Å²) in [6, 6.07) is 10.6. The van der Waals surface area contributed by atoms with Gasteiger partial charge in [-0.2, -0.15) is 5.10 Å². The number of nitrogens with zero attached hydrogens (tertiary/aromatic N) is 2. The van der Waals surface area contributed by atoms with Crippen LogP contribution in [0.15, 0.2) is 30.3 Å². The van der Waals surface area contributed by atoms with Crippen LogP contribution < -0.4 is 11.3 Å². The maximum absolute atomic E-state index is 5.73. The van der Waals surface area contributed by atoms with E-state index in [4.69, 9.17) is 5.84 Å². The fraction of sp³-hybridized carbons (Fsp3) is 0.400. The third kappa shape index (κ3) is 3.03. The van der Waals surface area contributed by atoms with Gasteiger partial charge in [-0.15, -0.1) is 0 Å². The van der Waals surface area contributed by atoms with E-state index in [0.717, 1.165) is 18.5 Å². The molecule has 19 heavy (non-hydrogen) atoms. The van der Waals surface area contributed by atoms with Gasteiger partial charge in [-0.1, -0.05) is 30.3 Å². The maximum atomic E-state index is 5.73. The molecule has 0 aliphatic heterocycles. The van der Waals surface area contributed by atoms with Crippen LogP contribution in [0.1, 0.15) is 35.0 Å². The number of aromatic nitrogens is 2. The maximum Gasteiger partial charge on any atom is 0.0644 e. The van der Waals surface area contributed by atoms with Gasteiger partial charge in [0.25, 0.3) is 0 Å². The number of nitrogens with two attached hydrogens (primary N) is 1. The van der Waals surface area contributed by atoms with Crippen LogP contribution in [0, 0.1) is 13.8 Å². The number of hydrogen-bond acceptors (Lipinski definition) is 3. The molecule has 1 aromatic heterocycles. The molecule has 1 aromatic carbocycles. The lowest BCUT2D eigenvalue weighted by Crippen LogP contribution is -2.29. The molecule has 1 heterocycles. The summed E-state index contributed by atoms with van der Waals surface area (Å²) in [5, 5.41) is 4.46. The third-order valence-corrected chi connectivity index (χ3v) is 3.68. The van der Waals surface area contributed by atoms with Gasteiger partial charge in [0.1, 0.15) is 0 Å². The molecule has 3 N–H and O–H groups in total. The van der Waals surface area contributed by atoms with Crippen LogP contribution in [0.25, 0.3) is 0 Å². The van der Waals surface area contributed by atoms with Crippen molar-refractivity contribution in [3.8, 4) is 0 Å². The van der Waals surface area contributed by atoms with E-state index in [9.17, 15) is 0 Å². The Balaban J connectivity index is 2.12. The van der Waals surface area contributed by atoms with E-state index in [1.807, 2.05) is 24.7 Å². The van der Waals surface area contributed by atoms with Gasteiger partial charge in [-0.3, -0.25) is 16.0 Å². The average Bonchev–Trinajstić information content (AvgIpc) is 2.67. The number of benzene rings is 1. The standard InChI is InChI=1S/C15H22N4/c1-11-15(12(2)19(3)18-11)14(17-16)10-9-13-7-5-4-6-8-13/h4-8,14,17H,9-10,16H2,1-3H3. The van der Waals surface area contributed by atoms with Crippen molar-refractivity contribution in [1.82, 2.24) is 15.2 Å². The molecule has 0 aliphatic carbocycles. The van der Waals surface area contributed by atoms with Gasteiger partial charge < -0.3 is 0 Å². The van der Waals surface area contributed by atoms with E-state index < -0.39 is 0 Å². The first-order valence-electron chi connectivity index (χ1n) is 6.63. The highest BCUT2D eigenvalue weighted by Gasteiger charge is 2.18. The van der Waals surface area contributed by atoms with Gasteiger partial charge in [0.15, 0.2) is 0 Å². The summed E-state index contributed by atoms with van der Waals surface area (Å²) < 4.78 is 1.91. The minimum Gasteiger partial charge on any atom is -0.272 e. The summed E-state index contributed by atoms with van der Waals surface area (Å²) in [7, 11) is 1.97. The van der Waals surface area contributed by atoms with Gasteiger partial charge in [0.05, 0.1) is 5.69 Å². The monoisotopic (exact) mass is 258 g/mol. The molecule has 102 valence electrons. The molecule has 4 heteroatoms. The minimum atomic E-state index is 0.147. The highest BCUT2D eigenvalue weighted by atomic mass is 15.3. The molecule has 0 amide bonds. The van der Waals surface area contributed by atoms with Crippen molar-refractivity contribution in [1.29, 1.82) is 0 Å². The van der Waals surface area contributed by atoms with E-state index in [1.165, 1.54) is 16.8 Å². The zero-order valence-corrected chi connectivity index (χ0v) is 11.9. The van der Waals surface area contributed by atoms with Crippen molar-refractivity contribution in [2.75, 3.05) is 0 Å². The summed E-state index contributed by atoms with van der Waals surface area (Å²) in [5.41, 5.74) is 7.71. The smallest absolute Gasteiger partial charge is 0.0644 e. The van der Waals surface area contributed by atoms with Crippen molar-refractivity contribution in [2.24, 2.45) is 12.9 Å². The molecule has 0 fully saturated rings. The minimum absolute atomic E-state index is 0.147. The van der Waals surface area contributed by atoms with Gasteiger partial charge in [-0.05, 0) is 32.3 Å². The largest absolute Gasteiger partial charge is 0.272 e. The van der Waals surface area contributed by atoms with E-state index in [2.05, 4.69) is 41.7 Å². The fourth-order valence-corrected chi connectivity index (χ4v) is 2.56. The predicted molar refractivity (Wildman–Crippen MR) is 77.5 cm³/mol. The van der Waals surface area contributed by atoms with E-state index in [-0.39, 0.29) is 6.04 Å². The number of hydrazine groups is 1.